The van der Waals surface area contributed by atoms with Gasteiger partial charge in [0.1, 0.15) is 25.6 Å². The number of aromatic nitrogens is 2. The monoisotopic (exact) mass is 861 g/mol. The molecular formula is C50H88N2O9. The fourth-order valence-electron chi connectivity index (χ4n) is 6.69. The summed E-state index contributed by atoms with van der Waals surface area (Å²) in [6.45, 7) is 10.4. The highest BCUT2D eigenvalue weighted by molar-refractivity contribution is 5.69. The van der Waals surface area contributed by atoms with Gasteiger partial charge in [-0.3, -0.25) is 9.59 Å². The molecule has 0 N–H and O–H groups in total. The summed E-state index contributed by atoms with van der Waals surface area (Å²) in [4.78, 5) is 42.3. The van der Waals surface area contributed by atoms with E-state index in [-0.39, 0.29) is 38.8 Å². The van der Waals surface area contributed by atoms with Crippen molar-refractivity contribution in [3.63, 3.8) is 0 Å². The maximum absolute atomic E-state index is 13.0. The molecule has 0 amide bonds. The molecular weight excluding hydrogens is 773 g/mol. The van der Waals surface area contributed by atoms with E-state index in [9.17, 15) is 14.4 Å². The Hall–Kier alpha value is -3.18. The maximum Gasteiger partial charge on any atom is 0.508 e. The number of allylic oxidation sites excluding steroid dienone is 4. The molecule has 0 bridgehead atoms. The number of aryl methyl sites for hydroxylation is 2. The zero-order valence-electron chi connectivity index (χ0n) is 39.2. The Labute approximate surface area is 371 Å². The van der Waals surface area contributed by atoms with Crippen LogP contribution in [0, 0.1) is 12.8 Å². The number of imidazole rings is 1. The molecule has 11 nitrogen and oxygen atoms in total. The third kappa shape index (κ3) is 36.1. The van der Waals surface area contributed by atoms with Crippen molar-refractivity contribution in [3.05, 3.63) is 42.5 Å². The first-order valence-corrected chi connectivity index (χ1v) is 24.5. The largest absolute Gasteiger partial charge is 0.508 e. The Balaban J connectivity index is 2.53. The standard InChI is InChI=1S/C50H88N2O9/c1-5-8-11-14-17-18-19-20-21-22-23-24-25-26-29-33-47(53)59-42-46(44-61-50(55)58-41-32-37-52-38-36-51-45(52)4)43-60-48(54)34-35-49(56-39-30-27-15-12-9-6-2)57-40-31-28-16-13-10-7-3/h17-18,20-21,36,38,46,49H,5-16,19,22-35,37,39-44H2,1-4H3/b18-17-,21-20-. The summed E-state index contributed by atoms with van der Waals surface area (Å²) in [5.41, 5.74) is 0. The van der Waals surface area contributed by atoms with Crippen LogP contribution >= 0.6 is 0 Å². The molecule has 1 heterocycles. The van der Waals surface area contributed by atoms with Crippen molar-refractivity contribution in [2.75, 3.05) is 39.6 Å². The van der Waals surface area contributed by atoms with Crippen LogP contribution < -0.4 is 0 Å². The molecule has 352 valence electrons. The number of unbranched alkanes of at least 4 members (excludes halogenated alkanes) is 18. The van der Waals surface area contributed by atoms with Crippen LogP contribution in [0.15, 0.2) is 36.7 Å². The lowest BCUT2D eigenvalue weighted by Gasteiger charge is -2.20. The molecule has 61 heavy (non-hydrogen) atoms. The average Bonchev–Trinajstić information content (AvgIpc) is 3.68. The van der Waals surface area contributed by atoms with Crippen LogP contribution in [0.4, 0.5) is 4.79 Å². The Morgan fingerprint density at radius 1 is 0.574 bits per heavy atom. The number of carbonyl (C=O) groups excluding carboxylic acids is 3. The fraction of sp³-hybridized carbons (Fsp3) is 0.800. The molecule has 0 radical (unpaired) electrons. The number of nitrogens with zero attached hydrogens (tertiary/aromatic N) is 2. The lowest BCUT2D eigenvalue weighted by Crippen LogP contribution is -2.27. The average molecular weight is 861 g/mol. The molecule has 1 unspecified atom stereocenters. The topological polar surface area (TPSA) is 124 Å². The van der Waals surface area contributed by atoms with Gasteiger partial charge in [-0.25, -0.2) is 9.78 Å². The zero-order chi connectivity index (χ0) is 44.3. The van der Waals surface area contributed by atoms with Gasteiger partial charge >= 0.3 is 18.1 Å². The van der Waals surface area contributed by atoms with Crippen LogP contribution in [0.2, 0.25) is 0 Å². The summed E-state index contributed by atoms with van der Waals surface area (Å²) in [5.74, 6) is -0.369. The number of ether oxygens (including phenoxy) is 6. The normalized spacial score (nSPS) is 12.1. The number of rotatable bonds is 43. The summed E-state index contributed by atoms with van der Waals surface area (Å²) in [6, 6.07) is 0. The fourth-order valence-corrected chi connectivity index (χ4v) is 6.69. The molecule has 0 spiro atoms. The van der Waals surface area contributed by atoms with Gasteiger partial charge in [-0.15, -0.1) is 0 Å². The number of hydrogen-bond donors (Lipinski definition) is 0. The summed E-state index contributed by atoms with van der Waals surface area (Å²) >= 11 is 0. The summed E-state index contributed by atoms with van der Waals surface area (Å²) < 4.78 is 36.0. The second-order valence-electron chi connectivity index (χ2n) is 16.4. The molecule has 0 fully saturated rings. The SMILES string of the molecule is CCCCC/C=C\C/C=C\CCCCCCCC(=O)OCC(COC(=O)CCC(OCCCCCCCC)OCCCCCCCC)COC(=O)OCCCn1ccnc1C. The molecule has 1 atom stereocenters. The molecule has 1 rings (SSSR count). The third-order valence-electron chi connectivity index (χ3n) is 10.6. The van der Waals surface area contributed by atoms with E-state index in [0.717, 1.165) is 76.5 Å². The van der Waals surface area contributed by atoms with Crippen LogP contribution in [-0.4, -0.2) is 73.6 Å². The maximum atomic E-state index is 13.0. The predicted octanol–water partition coefficient (Wildman–Crippen LogP) is 13.1. The van der Waals surface area contributed by atoms with Gasteiger partial charge in [0, 0.05) is 45.0 Å². The molecule has 0 saturated heterocycles. The van der Waals surface area contributed by atoms with Crippen molar-refractivity contribution in [2.24, 2.45) is 5.92 Å². The van der Waals surface area contributed by atoms with Crippen LogP contribution in [0.5, 0.6) is 0 Å². The summed E-state index contributed by atoms with van der Waals surface area (Å²) in [7, 11) is 0. The van der Waals surface area contributed by atoms with Crippen molar-refractivity contribution in [2.45, 2.75) is 214 Å². The van der Waals surface area contributed by atoms with E-state index in [1.54, 1.807) is 6.20 Å². The van der Waals surface area contributed by atoms with Gasteiger partial charge in [0.15, 0.2) is 6.29 Å². The van der Waals surface area contributed by atoms with Gasteiger partial charge in [-0.1, -0.05) is 141 Å². The van der Waals surface area contributed by atoms with E-state index in [0.29, 0.717) is 39.0 Å². The lowest BCUT2D eigenvalue weighted by atomic mass is 10.1. The van der Waals surface area contributed by atoms with E-state index < -0.39 is 24.3 Å². The van der Waals surface area contributed by atoms with Gasteiger partial charge < -0.3 is 33.0 Å². The number of esters is 2. The first kappa shape index (κ1) is 55.8. The minimum atomic E-state index is -0.817. The molecule has 0 aliphatic carbocycles. The summed E-state index contributed by atoms with van der Waals surface area (Å²) in [5, 5.41) is 0. The smallest absolute Gasteiger partial charge is 0.465 e. The molecule has 0 aromatic carbocycles. The molecule has 11 heteroatoms. The van der Waals surface area contributed by atoms with Crippen LogP contribution in [0.1, 0.15) is 200 Å². The van der Waals surface area contributed by atoms with Crippen molar-refractivity contribution in [3.8, 4) is 0 Å². The van der Waals surface area contributed by atoms with E-state index in [1.807, 2.05) is 17.7 Å². The number of carbonyl (C=O) groups is 3. The minimum Gasteiger partial charge on any atom is -0.465 e. The van der Waals surface area contributed by atoms with Gasteiger partial charge in [0.2, 0.25) is 0 Å². The van der Waals surface area contributed by atoms with Crippen molar-refractivity contribution in [1.82, 2.24) is 9.55 Å². The Bertz CT molecular complexity index is 1220. The van der Waals surface area contributed by atoms with Crippen molar-refractivity contribution >= 4 is 18.1 Å². The Kier molecular flexibility index (Phi) is 38.6. The van der Waals surface area contributed by atoms with Crippen LogP contribution in [-0.2, 0) is 44.6 Å². The van der Waals surface area contributed by atoms with Gasteiger partial charge in [0.05, 0.1) is 18.9 Å². The first-order chi connectivity index (χ1) is 29.9. The zero-order valence-corrected chi connectivity index (χ0v) is 39.2. The number of hydrogen-bond acceptors (Lipinski definition) is 10. The second kappa shape index (κ2) is 42.1. The van der Waals surface area contributed by atoms with E-state index in [2.05, 4.69) is 50.1 Å². The summed E-state index contributed by atoms with van der Waals surface area (Å²) in [6.07, 6.45) is 39.0. The highest BCUT2D eigenvalue weighted by atomic mass is 16.7. The van der Waals surface area contributed by atoms with Crippen LogP contribution in [0.3, 0.4) is 0 Å². The van der Waals surface area contributed by atoms with E-state index >= 15 is 0 Å². The van der Waals surface area contributed by atoms with E-state index in [1.165, 1.54) is 77.0 Å². The quantitative estimate of drug-likeness (QED) is 0.0206. The van der Waals surface area contributed by atoms with Crippen LogP contribution in [0.25, 0.3) is 0 Å². The lowest BCUT2D eigenvalue weighted by molar-refractivity contribution is -0.161. The van der Waals surface area contributed by atoms with Gasteiger partial charge in [0.25, 0.3) is 0 Å². The van der Waals surface area contributed by atoms with Gasteiger partial charge in [-0.05, 0) is 64.7 Å². The molecule has 0 saturated carbocycles. The van der Waals surface area contributed by atoms with Crippen molar-refractivity contribution < 1.29 is 42.8 Å². The minimum absolute atomic E-state index is 0.0368. The predicted molar refractivity (Wildman–Crippen MR) is 245 cm³/mol. The van der Waals surface area contributed by atoms with E-state index in [4.69, 9.17) is 28.4 Å². The molecule has 0 aliphatic rings. The molecule has 1 aromatic rings. The molecule has 0 aliphatic heterocycles. The molecule has 1 aromatic heterocycles. The Morgan fingerprint density at radius 2 is 1.08 bits per heavy atom. The highest BCUT2D eigenvalue weighted by Gasteiger charge is 2.20. The second-order valence-corrected chi connectivity index (χ2v) is 16.4. The Morgan fingerprint density at radius 3 is 1.67 bits per heavy atom. The van der Waals surface area contributed by atoms with Crippen molar-refractivity contribution in [1.29, 1.82) is 0 Å². The first-order valence-electron chi connectivity index (χ1n) is 24.5. The third-order valence-corrected chi connectivity index (χ3v) is 10.6. The van der Waals surface area contributed by atoms with Gasteiger partial charge in [-0.2, -0.15) is 0 Å². The highest BCUT2D eigenvalue weighted by Crippen LogP contribution is 2.14.